The zero-order valence-corrected chi connectivity index (χ0v) is 17.9. The van der Waals surface area contributed by atoms with E-state index in [2.05, 4.69) is 87.5 Å². The van der Waals surface area contributed by atoms with Crippen LogP contribution in [-0.4, -0.2) is 0 Å². The Bertz CT molecular complexity index is 820. The fourth-order valence-electron chi connectivity index (χ4n) is 3.50. The van der Waals surface area contributed by atoms with Crippen LogP contribution >= 0.6 is 11.6 Å². The standard InChI is InChI=1S/C24H25Cl.C2H6/c1-4-18(2)19-14-16-21(17-15-19)24(3,20-10-6-5-7-11-20)22-12-8-9-13-23(22)25;1-2/h5-18H,4H2,1-3H3;1-2H3/t18-,24?;/m0./s1. The molecule has 0 aliphatic heterocycles. The molecule has 0 spiro atoms. The van der Waals surface area contributed by atoms with Crippen molar-refractivity contribution >= 4 is 11.6 Å². The molecule has 3 aromatic rings. The Morgan fingerprint density at radius 1 is 0.778 bits per heavy atom. The Morgan fingerprint density at radius 2 is 1.30 bits per heavy atom. The first-order chi connectivity index (χ1) is 13.1. The summed E-state index contributed by atoms with van der Waals surface area (Å²) in [6.45, 7) is 10.8. The van der Waals surface area contributed by atoms with Gasteiger partial charge in [-0.15, -0.1) is 0 Å². The molecular formula is C26H31Cl. The van der Waals surface area contributed by atoms with E-state index < -0.39 is 0 Å². The van der Waals surface area contributed by atoms with Crippen LogP contribution in [0.2, 0.25) is 5.02 Å². The van der Waals surface area contributed by atoms with Gasteiger partial charge in [0.1, 0.15) is 0 Å². The second-order valence-corrected chi connectivity index (χ2v) is 7.31. The van der Waals surface area contributed by atoms with E-state index >= 15 is 0 Å². The SMILES string of the molecule is CC.CC[C@H](C)c1ccc(C(C)(c2ccccc2)c2ccccc2Cl)cc1. The highest BCUT2D eigenvalue weighted by Gasteiger charge is 2.32. The maximum absolute atomic E-state index is 6.61. The molecule has 3 aromatic carbocycles. The molecule has 0 aromatic heterocycles. The largest absolute Gasteiger partial charge is 0.0840 e. The fourth-order valence-corrected chi connectivity index (χ4v) is 3.82. The van der Waals surface area contributed by atoms with Crippen LogP contribution in [0.1, 0.15) is 69.2 Å². The minimum absolute atomic E-state index is 0.284. The van der Waals surface area contributed by atoms with Crippen molar-refractivity contribution in [2.75, 3.05) is 0 Å². The van der Waals surface area contributed by atoms with Gasteiger partial charge in [0, 0.05) is 10.4 Å². The maximum Gasteiger partial charge on any atom is 0.0450 e. The van der Waals surface area contributed by atoms with Gasteiger partial charge in [-0.05, 0) is 47.6 Å². The predicted octanol–water partition coefficient (Wildman–Crippen LogP) is 8.23. The third-order valence-corrected chi connectivity index (χ3v) is 5.76. The van der Waals surface area contributed by atoms with Crippen molar-refractivity contribution in [2.24, 2.45) is 0 Å². The van der Waals surface area contributed by atoms with Crippen LogP contribution in [0, 0.1) is 0 Å². The van der Waals surface area contributed by atoms with E-state index in [0.717, 1.165) is 17.0 Å². The first-order valence-corrected chi connectivity index (χ1v) is 10.4. The van der Waals surface area contributed by atoms with Gasteiger partial charge in [-0.25, -0.2) is 0 Å². The molecule has 0 radical (unpaired) electrons. The summed E-state index contributed by atoms with van der Waals surface area (Å²) in [7, 11) is 0. The third-order valence-electron chi connectivity index (χ3n) is 5.43. The molecule has 0 fully saturated rings. The summed E-state index contributed by atoms with van der Waals surface area (Å²) in [4.78, 5) is 0. The van der Waals surface area contributed by atoms with E-state index in [1.165, 1.54) is 16.7 Å². The maximum atomic E-state index is 6.61. The van der Waals surface area contributed by atoms with Crippen LogP contribution in [0.25, 0.3) is 0 Å². The molecule has 0 saturated heterocycles. The minimum Gasteiger partial charge on any atom is -0.0840 e. The normalized spacial score (nSPS) is 13.9. The van der Waals surface area contributed by atoms with Crippen molar-refractivity contribution in [3.63, 3.8) is 0 Å². The number of benzene rings is 3. The average molecular weight is 379 g/mol. The van der Waals surface area contributed by atoms with Gasteiger partial charge in [0.2, 0.25) is 0 Å². The molecule has 0 amide bonds. The van der Waals surface area contributed by atoms with Gasteiger partial charge in [0.05, 0.1) is 0 Å². The molecule has 0 bridgehead atoms. The molecule has 27 heavy (non-hydrogen) atoms. The number of rotatable bonds is 5. The van der Waals surface area contributed by atoms with Crippen molar-refractivity contribution in [1.29, 1.82) is 0 Å². The zero-order valence-electron chi connectivity index (χ0n) is 17.2. The van der Waals surface area contributed by atoms with Crippen molar-refractivity contribution in [1.82, 2.24) is 0 Å². The highest BCUT2D eigenvalue weighted by Crippen LogP contribution is 2.42. The lowest BCUT2D eigenvalue weighted by molar-refractivity contribution is 0.688. The van der Waals surface area contributed by atoms with Crippen LogP contribution < -0.4 is 0 Å². The lowest BCUT2D eigenvalue weighted by atomic mass is 9.71. The zero-order chi connectivity index (χ0) is 19.9. The smallest absolute Gasteiger partial charge is 0.0450 e. The molecule has 1 heteroatoms. The number of hydrogen-bond acceptors (Lipinski definition) is 0. The summed E-state index contributed by atoms with van der Waals surface area (Å²) in [5, 5.41) is 0.805. The molecule has 0 aliphatic rings. The first kappa shape index (κ1) is 21.3. The van der Waals surface area contributed by atoms with Crippen molar-refractivity contribution in [3.8, 4) is 0 Å². The molecule has 2 atom stereocenters. The highest BCUT2D eigenvalue weighted by atomic mass is 35.5. The van der Waals surface area contributed by atoms with Crippen molar-refractivity contribution in [3.05, 3.63) is 106 Å². The quantitative estimate of drug-likeness (QED) is 0.392. The van der Waals surface area contributed by atoms with E-state index in [-0.39, 0.29) is 5.41 Å². The Labute approximate surface area is 170 Å². The Morgan fingerprint density at radius 3 is 1.85 bits per heavy atom. The summed E-state index contributed by atoms with van der Waals surface area (Å²) in [5.41, 5.74) is 4.76. The van der Waals surface area contributed by atoms with E-state index in [4.69, 9.17) is 11.6 Å². The van der Waals surface area contributed by atoms with Gasteiger partial charge in [-0.3, -0.25) is 0 Å². The topological polar surface area (TPSA) is 0 Å². The van der Waals surface area contributed by atoms with Crippen LogP contribution in [-0.2, 0) is 5.41 Å². The second-order valence-electron chi connectivity index (χ2n) is 6.90. The monoisotopic (exact) mass is 378 g/mol. The Balaban J connectivity index is 0.00000126. The summed E-state index contributed by atoms with van der Waals surface area (Å²) in [6.07, 6.45) is 1.15. The molecule has 0 saturated carbocycles. The van der Waals surface area contributed by atoms with E-state index in [1.807, 2.05) is 26.0 Å². The van der Waals surface area contributed by atoms with Crippen molar-refractivity contribution < 1.29 is 0 Å². The molecule has 142 valence electrons. The third kappa shape index (κ3) is 4.45. The van der Waals surface area contributed by atoms with Gasteiger partial charge in [-0.1, -0.05) is 112 Å². The van der Waals surface area contributed by atoms with E-state index in [9.17, 15) is 0 Å². The second kappa shape index (κ2) is 9.76. The molecule has 0 nitrogen and oxygen atoms in total. The summed E-state index contributed by atoms with van der Waals surface area (Å²) < 4.78 is 0. The van der Waals surface area contributed by atoms with Crippen LogP contribution in [0.5, 0.6) is 0 Å². The Hall–Kier alpha value is -2.05. The number of halogens is 1. The Kier molecular flexibility index (Phi) is 7.68. The molecule has 0 heterocycles. The molecule has 0 aliphatic carbocycles. The van der Waals surface area contributed by atoms with Crippen molar-refractivity contribution in [2.45, 2.75) is 52.4 Å². The molecule has 1 unspecified atom stereocenters. The minimum atomic E-state index is -0.284. The predicted molar refractivity (Wildman–Crippen MR) is 120 cm³/mol. The van der Waals surface area contributed by atoms with E-state index in [1.54, 1.807) is 0 Å². The summed E-state index contributed by atoms with van der Waals surface area (Å²) in [6, 6.07) is 27.8. The summed E-state index contributed by atoms with van der Waals surface area (Å²) >= 11 is 6.61. The highest BCUT2D eigenvalue weighted by molar-refractivity contribution is 6.31. The van der Waals surface area contributed by atoms with Crippen LogP contribution in [0.4, 0.5) is 0 Å². The van der Waals surface area contributed by atoms with Gasteiger partial charge in [0.15, 0.2) is 0 Å². The summed E-state index contributed by atoms with van der Waals surface area (Å²) in [5.74, 6) is 0.581. The van der Waals surface area contributed by atoms with Crippen LogP contribution in [0.3, 0.4) is 0 Å². The van der Waals surface area contributed by atoms with Gasteiger partial charge in [-0.2, -0.15) is 0 Å². The van der Waals surface area contributed by atoms with Gasteiger partial charge >= 0.3 is 0 Å². The van der Waals surface area contributed by atoms with Crippen LogP contribution in [0.15, 0.2) is 78.9 Å². The average Bonchev–Trinajstić information content (AvgIpc) is 2.75. The molecule has 0 N–H and O–H groups in total. The van der Waals surface area contributed by atoms with Gasteiger partial charge < -0.3 is 0 Å². The van der Waals surface area contributed by atoms with E-state index in [0.29, 0.717) is 5.92 Å². The fraction of sp³-hybridized carbons (Fsp3) is 0.308. The molecular weight excluding hydrogens is 348 g/mol. The number of hydrogen-bond donors (Lipinski definition) is 0. The lowest BCUT2D eigenvalue weighted by Crippen LogP contribution is -2.25. The first-order valence-electron chi connectivity index (χ1n) is 9.98. The lowest BCUT2D eigenvalue weighted by Gasteiger charge is -2.33. The molecule has 3 rings (SSSR count). The van der Waals surface area contributed by atoms with Gasteiger partial charge in [0.25, 0.3) is 0 Å².